The summed E-state index contributed by atoms with van der Waals surface area (Å²) in [5.74, 6) is -5.99. The highest BCUT2D eigenvalue weighted by Crippen LogP contribution is 2.33. The standard InChI is InChI=1S/C22H34F3N5O5.C3H8/c1-10-9-30(19(34)15(21(3,4)5)29-20(35)22(23,24)25)14(11(10)2)18(33)28-13(16(26)31)8-12-6-7-27-17(12)32;1-3-2/h10-15H,6-9H2,1-5H3,(H2,26,31)(H,27,32)(H,28,33)(H,29,35);3H2,1-2H3/t10-,11-,12-,13-,14?,15+;/m0./s1. The van der Waals surface area contributed by atoms with Crippen LogP contribution >= 0.6 is 0 Å². The van der Waals surface area contributed by atoms with E-state index in [1.165, 1.54) is 27.2 Å². The van der Waals surface area contributed by atoms with Crippen molar-refractivity contribution in [3.8, 4) is 0 Å². The van der Waals surface area contributed by atoms with Gasteiger partial charge in [0.25, 0.3) is 0 Å². The second kappa shape index (κ2) is 13.3. The Morgan fingerprint density at radius 1 is 1.11 bits per heavy atom. The molecule has 13 heteroatoms. The Labute approximate surface area is 222 Å². The molecule has 0 aromatic rings. The van der Waals surface area contributed by atoms with Gasteiger partial charge in [0.15, 0.2) is 0 Å². The van der Waals surface area contributed by atoms with Crippen LogP contribution in [0.2, 0.25) is 0 Å². The van der Waals surface area contributed by atoms with Gasteiger partial charge in [0.1, 0.15) is 18.1 Å². The summed E-state index contributed by atoms with van der Waals surface area (Å²) in [4.78, 5) is 63.4. The third kappa shape index (κ3) is 8.59. The molecule has 2 heterocycles. The largest absolute Gasteiger partial charge is 0.471 e. The van der Waals surface area contributed by atoms with Crippen LogP contribution in [0.4, 0.5) is 13.2 Å². The minimum Gasteiger partial charge on any atom is -0.368 e. The zero-order chi connectivity index (χ0) is 29.6. The number of alkyl halides is 3. The van der Waals surface area contributed by atoms with E-state index in [4.69, 9.17) is 5.73 Å². The molecule has 1 unspecified atom stereocenters. The van der Waals surface area contributed by atoms with Crippen molar-refractivity contribution in [2.45, 2.75) is 92.0 Å². The number of primary amides is 1. The Balaban J connectivity index is 0.00000229. The fourth-order valence-electron chi connectivity index (χ4n) is 4.48. The van der Waals surface area contributed by atoms with Crippen molar-refractivity contribution in [2.75, 3.05) is 13.1 Å². The molecule has 2 fully saturated rings. The Morgan fingerprint density at radius 2 is 1.66 bits per heavy atom. The van der Waals surface area contributed by atoms with Crippen molar-refractivity contribution in [3.05, 3.63) is 0 Å². The summed E-state index contributed by atoms with van der Waals surface area (Å²) in [5.41, 5.74) is 4.35. The molecule has 6 atom stereocenters. The van der Waals surface area contributed by atoms with Crippen LogP contribution in [-0.4, -0.2) is 71.8 Å². The molecule has 0 saturated carbocycles. The van der Waals surface area contributed by atoms with E-state index in [1.807, 2.05) is 0 Å². The minimum absolute atomic E-state index is 0.0102. The van der Waals surface area contributed by atoms with E-state index in [0.717, 1.165) is 4.90 Å². The first-order valence-electron chi connectivity index (χ1n) is 12.9. The van der Waals surface area contributed by atoms with E-state index in [-0.39, 0.29) is 24.8 Å². The molecule has 0 spiro atoms. The Hall–Kier alpha value is -2.86. The van der Waals surface area contributed by atoms with Crippen molar-refractivity contribution in [1.82, 2.24) is 20.9 Å². The van der Waals surface area contributed by atoms with Gasteiger partial charge >= 0.3 is 12.1 Å². The van der Waals surface area contributed by atoms with Gasteiger partial charge in [0, 0.05) is 19.0 Å². The van der Waals surface area contributed by atoms with Gasteiger partial charge < -0.3 is 26.6 Å². The quantitative estimate of drug-likeness (QED) is 0.379. The maximum atomic E-state index is 13.4. The van der Waals surface area contributed by atoms with E-state index in [2.05, 4.69) is 24.5 Å². The number of rotatable bonds is 7. The summed E-state index contributed by atoms with van der Waals surface area (Å²) < 4.78 is 38.7. The van der Waals surface area contributed by atoms with E-state index in [9.17, 15) is 37.1 Å². The van der Waals surface area contributed by atoms with Gasteiger partial charge in [-0.15, -0.1) is 0 Å². The number of nitrogens with one attached hydrogen (secondary N) is 3. The number of carbonyl (C=O) groups is 5. The molecule has 5 N–H and O–H groups in total. The number of nitrogens with zero attached hydrogens (tertiary/aromatic N) is 1. The van der Waals surface area contributed by atoms with Gasteiger partial charge in [-0.3, -0.25) is 24.0 Å². The second-order valence-corrected chi connectivity index (χ2v) is 11.2. The predicted octanol–water partition coefficient (Wildman–Crippen LogP) is 1.48. The highest BCUT2D eigenvalue weighted by molar-refractivity contribution is 5.95. The molecule has 2 saturated heterocycles. The molecular weight excluding hydrogens is 507 g/mol. The van der Waals surface area contributed by atoms with Crippen LogP contribution in [0.1, 0.15) is 67.7 Å². The highest BCUT2D eigenvalue weighted by atomic mass is 19.4. The minimum atomic E-state index is -5.19. The lowest BCUT2D eigenvalue weighted by Crippen LogP contribution is -2.60. The lowest BCUT2D eigenvalue weighted by molar-refractivity contribution is -0.176. The summed E-state index contributed by atoms with van der Waals surface area (Å²) >= 11 is 0. The van der Waals surface area contributed by atoms with Crippen LogP contribution in [0.25, 0.3) is 0 Å². The van der Waals surface area contributed by atoms with Gasteiger partial charge in [-0.25, -0.2) is 0 Å². The summed E-state index contributed by atoms with van der Waals surface area (Å²) in [7, 11) is 0. The number of nitrogens with two attached hydrogens (primary N) is 1. The zero-order valence-electron chi connectivity index (χ0n) is 23.2. The van der Waals surface area contributed by atoms with Crippen LogP contribution in [0.5, 0.6) is 0 Å². The zero-order valence-corrected chi connectivity index (χ0v) is 23.2. The average molecular weight is 550 g/mol. The SMILES string of the molecule is CCC.C[C@@H]1C(C(=O)N[C@@H](C[C@@H]2CCNC2=O)C(N)=O)N(C(=O)[C@@H](NC(=O)C(F)(F)F)C(C)(C)C)C[C@@H]1C. The van der Waals surface area contributed by atoms with Gasteiger partial charge in [-0.2, -0.15) is 13.2 Å². The molecule has 2 aliphatic rings. The number of halogens is 3. The van der Waals surface area contributed by atoms with Crippen molar-refractivity contribution >= 4 is 29.5 Å². The molecule has 0 aromatic carbocycles. The fraction of sp³-hybridized carbons (Fsp3) is 0.800. The van der Waals surface area contributed by atoms with Gasteiger partial charge in [-0.05, 0) is 30.1 Å². The van der Waals surface area contributed by atoms with Gasteiger partial charge in [0.2, 0.25) is 23.6 Å². The molecule has 5 amide bonds. The van der Waals surface area contributed by atoms with E-state index in [1.54, 1.807) is 19.2 Å². The maximum Gasteiger partial charge on any atom is 0.471 e. The average Bonchev–Trinajstić information content (AvgIpc) is 3.32. The predicted molar refractivity (Wildman–Crippen MR) is 134 cm³/mol. The number of carbonyl (C=O) groups excluding carboxylic acids is 5. The normalized spacial score (nSPS) is 25.0. The smallest absolute Gasteiger partial charge is 0.368 e. The Bertz CT molecular complexity index is 890. The van der Waals surface area contributed by atoms with Crippen molar-refractivity contribution in [1.29, 1.82) is 0 Å². The molecule has 0 radical (unpaired) electrons. The number of hydrogen-bond acceptors (Lipinski definition) is 5. The third-order valence-electron chi connectivity index (χ3n) is 6.76. The Kier molecular flexibility index (Phi) is 11.6. The first-order chi connectivity index (χ1) is 17.4. The highest BCUT2D eigenvalue weighted by Gasteiger charge is 2.50. The molecule has 2 aliphatic heterocycles. The van der Waals surface area contributed by atoms with E-state index in [0.29, 0.717) is 13.0 Å². The molecule has 0 aliphatic carbocycles. The van der Waals surface area contributed by atoms with Crippen LogP contribution in [0, 0.1) is 23.2 Å². The van der Waals surface area contributed by atoms with Crippen LogP contribution in [-0.2, 0) is 24.0 Å². The molecule has 218 valence electrons. The summed E-state index contributed by atoms with van der Waals surface area (Å²) in [6.07, 6.45) is -3.47. The fourth-order valence-corrected chi connectivity index (χ4v) is 4.48. The van der Waals surface area contributed by atoms with Crippen LogP contribution in [0.3, 0.4) is 0 Å². The maximum absolute atomic E-state index is 13.4. The molecular formula is C25H42F3N5O5. The van der Waals surface area contributed by atoms with Crippen molar-refractivity contribution in [3.63, 3.8) is 0 Å². The second-order valence-electron chi connectivity index (χ2n) is 11.2. The summed E-state index contributed by atoms with van der Waals surface area (Å²) in [5, 5.41) is 6.94. The molecule has 10 nitrogen and oxygen atoms in total. The summed E-state index contributed by atoms with van der Waals surface area (Å²) in [6.45, 7) is 12.8. The number of hydrogen-bond donors (Lipinski definition) is 4. The topological polar surface area (TPSA) is 151 Å². The monoisotopic (exact) mass is 549 g/mol. The first kappa shape index (κ1) is 33.2. The number of amides is 5. The van der Waals surface area contributed by atoms with Crippen LogP contribution < -0.4 is 21.7 Å². The van der Waals surface area contributed by atoms with Crippen molar-refractivity contribution in [2.24, 2.45) is 28.9 Å². The van der Waals surface area contributed by atoms with Crippen molar-refractivity contribution < 1.29 is 37.1 Å². The molecule has 38 heavy (non-hydrogen) atoms. The lowest BCUT2D eigenvalue weighted by Gasteiger charge is -2.36. The molecule has 0 aromatic heterocycles. The number of likely N-dealkylation sites (tertiary alicyclic amines) is 1. The molecule has 2 rings (SSSR count). The molecule has 0 bridgehead atoms. The Morgan fingerprint density at radius 3 is 2.08 bits per heavy atom. The summed E-state index contributed by atoms with van der Waals surface area (Å²) in [6, 6.07) is -3.83. The van der Waals surface area contributed by atoms with E-state index < -0.39 is 65.2 Å². The van der Waals surface area contributed by atoms with Gasteiger partial charge in [-0.1, -0.05) is 54.9 Å². The van der Waals surface area contributed by atoms with Crippen LogP contribution in [0.15, 0.2) is 0 Å². The van der Waals surface area contributed by atoms with E-state index >= 15 is 0 Å². The first-order valence-corrected chi connectivity index (χ1v) is 12.9. The third-order valence-corrected chi connectivity index (χ3v) is 6.76. The lowest BCUT2D eigenvalue weighted by atomic mass is 9.85. The van der Waals surface area contributed by atoms with Gasteiger partial charge in [0.05, 0.1) is 0 Å².